The summed E-state index contributed by atoms with van der Waals surface area (Å²) in [6.07, 6.45) is 3.50. The van der Waals surface area contributed by atoms with Crippen LogP contribution in [0.1, 0.15) is 29.9 Å². The molecule has 1 unspecified atom stereocenters. The van der Waals surface area contributed by atoms with Gasteiger partial charge in [-0.15, -0.1) is 0 Å². The fraction of sp³-hybridized carbons (Fsp3) is 0.308. The molecule has 0 saturated heterocycles. The Morgan fingerprint density at radius 2 is 2.29 bits per heavy atom. The first-order chi connectivity index (χ1) is 8.16. The van der Waals surface area contributed by atoms with Crippen LogP contribution in [0.4, 0.5) is 4.39 Å². The number of rotatable bonds is 4. The van der Waals surface area contributed by atoms with E-state index < -0.39 is 0 Å². The van der Waals surface area contributed by atoms with Gasteiger partial charge in [0, 0.05) is 18.4 Å². The minimum atomic E-state index is -0.158. The summed E-state index contributed by atoms with van der Waals surface area (Å²) in [5, 5.41) is 3.29. The van der Waals surface area contributed by atoms with Crippen molar-refractivity contribution in [2.45, 2.75) is 26.4 Å². The van der Waals surface area contributed by atoms with Gasteiger partial charge in [0.15, 0.2) is 0 Å². The zero-order chi connectivity index (χ0) is 12.3. The molecule has 1 atom stereocenters. The van der Waals surface area contributed by atoms with Crippen LogP contribution in [0.25, 0.3) is 0 Å². The highest BCUT2D eigenvalue weighted by Crippen LogP contribution is 2.16. The van der Waals surface area contributed by atoms with Crippen LogP contribution in [0.15, 0.2) is 30.6 Å². The molecule has 0 aliphatic rings. The van der Waals surface area contributed by atoms with Crippen LogP contribution in [-0.4, -0.2) is 9.97 Å². The highest BCUT2D eigenvalue weighted by Gasteiger charge is 2.07. The number of halogens is 1. The average Bonchev–Trinajstić information content (AvgIpc) is 2.82. The normalized spacial score (nSPS) is 12.6. The molecule has 0 amide bonds. The number of imidazole rings is 1. The van der Waals surface area contributed by atoms with E-state index in [0.29, 0.717) is 12.1 Å². The number of H-pyrrole nitrogens is 1. The van der Waals surface area contributed by atoms with Gasteiger partial charge in [-0.1, -0.05) is 12.1 Å². The van der Waals surface area contributed by atoms with Gasteiger partial charge in [-0.05, 0) is 31.0 Å². The van der Waals surface area contributed by atoms with Crippen LogP contribution < -0.4 is 5.32 Å². The number of aryl methyl sites for hydroxylation is 1. The van der Waals surface area contributed by atoms with E-state index in [4.69, 9.17) is 0 Å². The Morgan fingerprint density at radius 3 is 2.94 bits per heavy atom. The summed E-state index contributed by atoms with van der Waals surface area (Å²) in [5.41, 5.74) is 1.62. The van der Waals surface area contributed by atoms with Gasteiger partial charge < -0.3 is 10.3 Å². The predicted octanol–water partition coefficient (Wildman–Crippen LogP) is 2.71. The summed E-state index contributed by atoms with van der Waals surface area (Å²) in [5.74, 6) is 0.721. The van der Waals surface area contributed by atoms with Gasteiger partial charge in [0.05, 0.1) is 6.54 Å². The Kier molecular flexibility index (Phi) is 3.54. The number of nitrogens with zero attached hydrogens (tertiary/aromatic N) is 1. The molecule has 1 aromatic carbocycles. The number of aromatic nitrogens is 2. The summed E-state index contributed by atoms with van der Waals surface area (Å²) in [6, 6.07) is 5.42. The van der Waals surface area contributed by atoms with Gasteiger partial charge in [0.1, 0.15) is 11.6 Å². The van der Waals surface area contributed by atoms with Crippen molar-refractivity contribution in [3.8, 4) is 0 Å². The summed E-state index contributed by atoms with van der Waals surface area (Å²) in [6.45, 7) is 4.41. The fourth-order valence-electron chi connectivity index (χ4n) is 1.64. The predicted molar refractivity (Wildman–Crippen MR) is 65.0 cm³/mol. The molecule has 17 heavy (non-hydrogen) atoms. The van der Waals surface area contributed by atoms with Gasteiger partial charge >= 0.3 is 0 Å². The van der Waals surface area contributed by atoms with Crippen LogP contribution >= 0.6 is 0 Å². The zero-order valence-corrected chi connectivity index (χ0v) is 10.00. The summed E-state index contributed by atoms with van der Waals surface area (Å²) >= 11 is 0. The van der Waals surface area contributed by atoms with Crippen LogP contribution in [0, 0.1) is 12.7 Å². The molecule has 0 radical (unpaired) electrons. The Balaban J connectivity index is 1.99. The molecule has 0 fully saturated rings. The SMILES string of the molecule is Cc1ccc(C(C)NCc2ncc[nH]2)cc1F. The lowest BCUT2D eigenvalue weighted by atomic mass is 10.1. The van der Waals surface area contributed by atoms with Crippen LogP contribution in [0.3, 0.4) is 0 Å². The third-order valence-corrected chi connectivity index (χ3v) is 2.83. The maximum Gasteiger partial charge on any atom is 0.126 e. The van der Waals surface area contributed by atoms with Crippen LogP contribution in [0.2, 0.25) is 0 Å². The van der Waals surface area contributed by atoms with E-state index in [1.54, 1.807) is 31.5 Å². The molecule has 0 spiro atoms. The second-order valence-corrected chi connectivity index (χ2v) is 4.15. The van der Waals surface area contributed by atoms with E-state index in [2.05, 4.69) is 15.3 Å². The number of hydrogen-bond acceptors (Lipinski definition) is 2. The second kappa shape index (κ2) is 5.10. The van der Waals surface area contributed by atoms with Gasteiger partial charge in [-0.3, -0.25) is 0 Å². The van der Waals surface area contributed by atoms with Crippen LogP contribution in [0.5, 0.6) is 0 Å². The zero-order valence-electron chi connectivity index (χ0n) is 10.00. The minimum Gasteiger partial charge on any atom is -0.348 e. The maximum atomic E-state index is 13.4. The van der Waals surface area contributed by atoms with E-state index in [0.717, 1.165) is 11.4 Å². The second-order valence-electron chi connectivity index (χ2n) is 4.15. The molecule has 1 aromatic heterocycles. The molecular formula is C13H16FN3. The van der Waals surface area contributed by atoms with Crippen molar-refractivity contribution in [1.29, 1.82) is 0 Å². The number of aromatic amines is 1. The highest BCUT2D eigenvalue weighted by molar-refractivity contribution is 5.25. The summed E-state index contributed by atoms with van der Waals surface area (Å²) in [4.78, 5) is 7.14. The van der Waals surface area contributed by atoms with Crippen molar-refractivity contribution in [1.82, 2.24) is 15.3 Å². The Hall–Kier alpha value is -1.68. The lowest BCUT2D eigenvalue weighted by molar-refractivity contribution is 0.553. The van der Waals surface area contributed by atoms with Crippen molar-refractivity contribution in [2.75, 3.05) is 0 Å². The van der Waals surface area contributed by atoms with Crippen molar-refractivity contribution in [3.63, 3.8) is 0 Å². The van der Waals surface area contributed by atoms with E-state index in [9.17, 15) is 4.39 Å². The lowest BCUT2D eigenvalue weighted by Crippen LogP contribution is -2.19. The first kappa shape index (κ1) is 11.8. The quantitative estimate of drug-likeness (QED) is 0.852. The fourth-order valence-corrected chi connectivity index (χ4v) is 1.64. The molecule has 2 aromatic rings. The number of benzene rings is 1. The highest BCUT2D eigenvalue weighted by atomic mass is 19.1. The molecule has 90 valence electrons. The third-order valence-electron chi connectivity index (χ3n) is 2.83. The molecule has 3 nitrogen and oxygen atoms in total. The maximum absolute atomic E-state index is 13.4. The molecule has 0 aliphatic heterocycles. The van der Waals surface area contributed by atoms with Crippen LogP contribution in [-0.2, 0) is 6.54 Å². The molecule has 2 N–H and O–H groups in total. The Labute approximate surface area is 100 Å². The largest absolute Gasteiger partial charge is 0.348 e. The van der Waals surface area contributed by atoms with E-state index in [1.807, 2.05) is 13.0 Å². The number of hydrogen-bond donors (Lipinski definition) is 2. The molecule has 0 bridgehead atoms. The Bertz CT molecular complexity index is 479. The van der Waals surface area contributed by atoms with Gasteiger partial charge in [-0.25, -0.2) is 9.37 Å². The van der Waals surface area contributed by atoms with E-state index in [-0.39, 0.29) is 11.9 Å². The van der Waals surface area contributed by atoms with Crippen molar-refractivity contribution in [3.05, 3.63) is 53.4 Å². The van der Waals surface area contributed by atoms with Gasteiger partial charge in [0.2, 0.25) is 0 Å². The van der Waals surface area contributed by atoms with Gasteiger partial charge in [0.25, 0.3) is 0 Å². The molecular weight excluding hydrogens is 217 g/mol. The molecule has 0 aliphatic carbocycles. The number of nitrogens with one attached hydrogen (secondary N) is 2. The molecule has 2 rings (SSSR count). The summed E-state index contributed by atoms with van der Waals surface area (Å²) in [7, 11) is 0. The molecule has 1 heterocycles. The lowest BCUT2D eigenvalue weighted by Gasteiger charge is -2.13. The summed E-state index contributed by atoms with van der Waals surface area (Å²) < 4.78 is 13.4. The third kappa shape index (κ3) is 2.91. The molecule has 4 heteroatoms. The minimum absolute atomic E-state index is 0.0928. The average molecular weight is 233 g/mol. The van der Waals surface area contributed by atoms with Crippen molar-refractivity contribution < 1.29 is 4.39 Å². The smallest absolute Gasteiger partial charge is 0.126 e. The standard InChI is InChI=1S/C13H16FN3/c1-9-3-4-11(7-12(9)14)10(2)17-8-13-15-5-6-16-13/h3-7,10,17H,8H2,1-2H3,(H,15,16). The van der Waals surface area contributed by atoms with Crippen molar-refractivity contribution in [2.24, 2.45) is 0 Å². The van der Waals surface area contributed by atoms with Gasteiger partial charge in [-0.2, -0.15) is 0 Å². The first-order valence-electron chi connectivity index (χ1n) is 5.64. The Morgan fingerprint density at radius 1 is 1.47 bits per heavy atom. The monoisotopic (exact) mass is 233 g/mol. The van der Waals surface area contributed by atoms with E-state index in [1.165, 1.54) is 0 Å². The topological polar surface area (TPSA) is 40.7 Å². The van der Waals surface area contributed by atoms with Crippen molar-refractivity contribution >= 4 is 0 Å². The van der Waals surface area contributed by atoms with E-state index >= 15 is 0 Å². The first-order valence-corrected chi connectivity index (χ1v) is 5.64. The molecule has 0 saturated carbocycles.